The number of benzene rings is 1. The second-order valence-electron chi connectivity index (χ2n) is 4.07. The molecule has 0 fully saturated rings. The summed E-state index contributed by atoms with van der Waals surface area (Å²) < 4.78 is 11.1. The smallest absolute Gasteiger partial charge is 0.277 e. The molecule has 0 saturated carbocycles. The van der Waals surface area contributed by atoms with E-state index >= 15 is 0 Å². The first kappa shape index (κ1) is 14.3. The van der Waals surface area contributed by atoms with Crippen molar-refractivity contribution < 1.29 is 13.9 Å². The van der Waals surface area contributed by atoms with Gasteiger partial charge in [0, 0.05) is 5.56 Å². The van der Waals surface area contributed by atoms with Gasteiger partial charge in [0.05, 0.1) is 23.2 Å². The zero-order valence-corrected chi connectivity index (χ0v) is 12.4. The van der Waals surface area contributed by atoms with Crippen molar-refractivity contribution in [3.05, 3.63) is 52.4 Å². The molecule has 0 atom stereocenters. The van der Waals surface area contributed by atoms with Gasteiger partial charge in [-0.1, -0.05) is 6.07 Å². The van der Waals surface area contributed by atoms with E-state index in [0.717, 1.165) is 15.6 Å². The number of hydrazone groups is 1. The molecule has 0 aliphatic rings. The number of aryl methyl sites for hydroxylation is 1. The van der Waals surface area contributed by atoms with E-state index in [2.05, 4.69) is 26.5 Å². The summed E-state index contributed by atoms with van der Waals surface area (Å²) in [7, 11) is 0. The number of furan rings is 1. The van der Waals surface area contributed by atoms with Gasteiger partial charge in [0.15, 0.2) is 6.61 Å². The molecular weight excluding hydrogens is 324 g/mol. The average Bonchev–Trinajstić information content (AvgIpc) is 2.91. The van der Waals surface area contributed by atoms with Crippen LogP contribution in [0, 0.1) is 6.92 Å². The lowest BCUT2D eigenvalue weighted by molar-refractivity contribution is -0.123. The fourth-order valence-corrected chi connectivity index (χ4v) is 2.03. The Morgan fingerprint density at radius 2 is 2.35 bits per heavy atom. The van der Waals surface area contributed by atoms with Gasteiger partial charge in [-0.3, -0.25) is 4.79 Å². The molecule has 1 aromatic heterocycles. The molecule has 1 N–H and O–H groups in total. The largest absolute Gasteiger partial charge is 0.483 e. The second-order valence-corrected chi connectivity index (χ2v) is 4.93. The molecule has 0 aliphatic heterocycles. The van der Waals surface area contributed by atoms with E-state index in [9.17, 15) is 4.79 Å². The van der Waals surface area contributed by atoms with E-state index < -0.39 is 0 Å². The second kappa shape index (κ2) is 6.91. The predicted molar refractivity (Wildman–Crippen MR) is 78.8 cm³/mol. The molecule has 20 heavy (non-hydrogen) atoms. The van der Waals surface area contributed by atoms with Gasteiger partial charge in [0.1, 0.15) is 5.75 Å². The van der Waals surface area contributed by atoms with Crippen LogP contribution in [0.2, 0.25) is 0 Å². The minimum Gasteiger partial charge on any atom is -0.483 e. The zero-order valence-electron chi connectivity index (χ0n) is 10.8. The summed E-state index contributed by atoms with van der Waals surface area (Å²) in [5, 5.41) is 3.79. The van der Waals surface area contributed by atoms with Crippen LogP contribution in [0.5, 0.6) is 5.75 Å². The van der Waals surface area contributed by atoms with Gasteiger partial charge in [-0.15, -0.1) is 0 Å². The van der Waals surface area contributed by atoms with Crippen LogP contribution in [-0.2, 0) is 4.79 Å². The molecule has 1 heterocycles. The summed E-state index contributed by atoms with van der Waals surface area (Å²) in [6.07, 6.45) is 4.54. The van der Waals surface area contributed by atoms with Gasteiger partial charge >= 0.3 is 0 Å². The average molecular weight is 337 g/mol. The van der Waals surface area contributed by atoms with Gasteiger partial charge in [-0.05, 0) is 46.6 Å². The minimum atomic E-state index is -0.336. The number of amides is 1. The van der Waals surface area contributed by atoms with Gasteiger partial charge in [0.2, 0.25) is 0 Å². The third kappa shape index (κ3) is 4.24. The van der Waals surface area contributed by atoms with E-state index in [0.29, 0.717) is 5.75 Å². The summed E-state index contributed by atoms with van der Waals surface area (Å²) >= 11 is 3.38. The summed E-state index contributed by atoms with van der Waals surface area (Å²) in [4.78, 5) is 11.5. The van der Waals surface area contributed by atoms with Gasteiger partial charge in [-0.25, -0.2) is 5.43 Å². The normalized spacial score (nSPS) is 10.7. The van der Waals surface area contributed by atoms with Gasteiger partial charge in [-0.2, -0.15) is 5.10 Å². The van der Waals surface area contributed by atoms with Crippen LogP contribution in [0.1, 0.15) is 11.1 Å². The maximum atomic E-state index is 11.5. The first-order valence-corrected chi connectivity index (χ1v) is 6.67. The molecule has 104 valence electrons. The number of hydrogen-bond acceptors (Lipinski definition) is 4. The number of carbonyl (C=O) groups is 1. The van der Waals surface area contributed by atoms with E-state index in [1.54, 1.807) is 12.1 Å². The predicted octanol–water partition coefficient (Wildman–Crippen LogP) is 2.88. The number of nitrogens with one attached hydrogen (secondary N) is 1. The van der Waals surface area contributed by atoms with Crippen molar-refractivity contribution in [1.29, 1.82) is 0 Å². The zero-order chi connectivity index (χ0) is 14.4. The lowest BCUT2D eigenvalue weighted by Crippen LogP contribution is -2.24. The quantitative estimate of drug-likeness (QED) is 0.674. The number of halogens is 1. The van der Waals surface area contributed by atoms with E-state index in [1.165, 1.54) is 18.7 Å². The highest BCUT2D eigenvalue weighted by molar-refractivity contribution is 9.10. The van der Waals surface area contributed by atoms with Crippen LogP contribution in [0.4, 0.5) is 0 Å². The maximum absolute atomic E-state index is 11.5. The molecule has 0 bridgehead atoms. The van der Waals surface area contributed by atoms with Gasteiger partial charge in [0.25, 0.3) is 5.91 Å². The van der Waals surface area contributed by atoms with Crippen molar-refractivity contribution >= 4 is 28.1 Å². The summed E-state index contributed by atoms with van der Waals surface area (Å²) in [6.45, 7) is 1.87. The molecule has 2 rings (SSSR count). The molecule has 1 amide bonds. The van der Waals surface area contributed by atoms with Crippen molar-refractivity contribution in [3.63, 3.8) is 0 Å². The number of rotatable bonds is 5. The van der Waals surface area contributed by atoms with Crippen molar-refractivity contribution in [1.82, 2.24) is 5.43 Å². The van der Waals surface area contributed by atoms with Crippen LogP contribution < -0.4 is 10.2 Å². The Bertz CT molecular complexity index is 609. The Hall–Kier alpha value is -2.08. The SMILES string of the molecule is Cc1ccc(OCC(=O)NN=Cc2ccoc2)c(Br)c1. The third-order valence-corrected chi connectivity index (χ3v) is 3.01. The Morgan fingerprint density at radius 3 is 3.05 bits per heavy atom. The van der Waals surface area contributed by atoms with Crippen molar-refractivity contribution in [3.8, 4) is 5.75 Å². The number of nitrogens with zero attached hydrogens (tertiary/aromatic N) is 1. The number of ether oxygens (including phenoxy) is 1. The summed E-state index contributed by atoms with van der Waals surface area (Å²) in [6, 6.07) is 7.37. The third-order valence-electron chi connectivity index (χ3n) is 2.39. The van der Waals surface area contributed by atoms with Gasteiger partial charge < -0.3 is 9.15 Å². The Labute approximate surface area is 124 Å². The number of carbonyl (C=O) groups excluding carboxylic acids is 1. The Kier molecular flexibility index (Phi) is 4.95. The summed E-state index contributed by atoms with van der Waals surface area (Å²) in [5.74, 6) is 0.279. The molecule has 0 spiro atoms. The Morgan fingerprint density at radius 1 is 1.50 bits per heavy atom. The van der Waals surface area contributed by atoms with E-state index in [4.69, 9.17) is 9.15 Å². The first-order valence-electron chi connectivity index (χ1n) is 5.88. The monoisotopic (exact) mass is 336 g/mol. The Balaban J connectivity index is 1.80. The van der Waals surface area contributed by atoms with E-state index in [1.807, 2.05) is 19.1 Å². The fraction of sp³-hybridized carbons (Fsp3) is 0.143. The molecule has 0 saturated heterocycles. The fourth-order valence-electron chi connectivity index (χ4n) is 1.43. The van der Waals surface area contributed by atoms with Crippen LogP contribution >= 0.6 is 15.9 Å². The van der Waals surface area contributed by atoms with Crippen molar-refractivity contribution in [2.45, 2.75) is 6.92 Å². The molecule has 0 aliphatic carbocycles. The van der Waals surface area contributed by atoms with Crippen LogP contribution in [-0.4, -0.2) is 18.7 Å². The molecule has 2 aromatic rings. The molecule has 0 unspecified atom stereocenters. The van der Waals surface area contributed by atoms with E-state index in [-0.39, 0.29) is 12.5 Å². The first-order chi connectivity index (χ1) is 9.65. The van der Waals surface area contributed by atoms with Crippen molar-refractivity contribution in [2.75, 3.05) is 6.61 Å². The van der Waals surface area contributed by atoms with Crippen molar-refractivity contribution in [2.24, 2.45) is 5.10 Å². The minimum absolute atomic E-state index is 0.107. The highest BCUT2D eigenvalue weighted by Gasteiger charge is 2.04. The standard InChI is InChI=1S/C14H13BrN2O3/c1-10-2-3-13(12(15)6-10)20-9-14(18)17-16-7-11-4-5-19-8-11/h2-8H,9H2,1H3,(H,17,18). The van der Waals surface area contributed by atoms with Crippen LogP contribution in [0.15, 0.2) is 50.8 Å². The van der Waals surface area contributed by atoms with Crippen LogP contribution in [0.3, 0.4) is 0 Å². The highest BCUT2D eigenvalue weighted by Crippen LogP contribution is 2.25. The maximum Gasteiger partial charge on any atom is 0.277 e. The lowest BCUT2D eigenvalue weighted by Gasteiger charge is -2.07. The summed E-state index contributed by atoms with van der Waals surface area (Å²) in [5.41, 5.74) is 4.25. The highest BCUT2D eigenvalue weighted by atomic mass is 79.9. The number of hydrogen-bond donors (Lipinski definition) is 1. The molecule has 1 aromatic carbocycles. The topological polar surface area (TPSA) is 63.8 Å². The molecule has 5 nitrogen and oxygen atoms in total. The molecular formula is C14H13BrN2O3. The lowest BCUT2D eigenvalue weighted by atomic mass is 10.2. The molecule has 6 heteroatoms. The molecule has 0 radical (unpaired) electrons. The van der Waals surface area contributed by atoms with Crippen LogP contribution in [0.25, 0.3) is 0 Å².